The van der Waals surface area contributed by atoms with Gasteiger partial charge in [-0.1, -0.05) is 0 Å². The summed E-state index contributed by atoms with van der Waals surface area (Å²) in [5.41, 5.74) is 2.69. The van der Waals surface area contributed by atoms with Gasteiger partial charge >= 0.3 is 0 Å². The number of methoxy groups -OCH3 is 1. The minimum Gasteiger partial charge on any atom is -0.497 e. The van der Waals surface area contributed by atoms with Crippen molar-refractivity contribution < 1.29 is 14.3 Å². The minimum atomic E-state index is -0.141. The maximum absolute atomic E-state index is 12.1. The predicted molar refractivity (Wildman–Crippen MR) is 81.4 cm³/mol. The number of fused-ring (bicyclic) bond motifs is 1. The van der Waals surface area contributed by atoms with Crippen LogP contribution in [0.3, 0.4) is 0 Å². The third-order valence-electron chi connectivity index (χ3n) is 3.74. The van der Waals surface area contributed by atoms with E-state index in [4.69, 9.17) is 9.47 Å². The quantitative estimate of drug-likeness (QED) is 0.797. The number of hydrogen-bond acceptors (Lipinski definition) is 4. The smallest absolute Gasteiger partial charge is 0.272 e. The second-order valence-electron chi connectivity index (χ2n) is 5.16. The van der Waals surface area contributed by atoms with Gasteiger partial charge < -0.3 is 14.8 Å². The number of ether oxygens (including phenoxy) is 2. The first-order chi connectivity index (χ1) is 10.8. The first kappa shape index (κ1) is 14.4. The number of H-pyrrole nitrogens is 1. The van der Waals surface area contributed by atoms with Crippen molar-refractivity contribution in [1.29, 1.82) is 0 Å². The number of carbonyl (C=O) groups is 1. The fourth-order valence-corrected chi connectivity index (χ4v) is 2.60. The molecule has 1 aliphatic carbocycles. The van der Waals surface area contributed by atoms with E-state index in [1.807, 2.05) is 24.3 Å². The van der Waals surface area contributed by atoms with Gasteiger partial charge in [-0.25, -0.2) is 0 Å². The zero-order chi connectivity index (χ0) is 15.4. The van der Waals surface area contributed by atoms with Crippen molar-refractivity contribution in [1.82, 2.24) is 15.5 Å². The van der Waals surface area contributed by atoms with Crippen LogP contribution in [0.1, 0.15) is 28.2 Å². The summed E-state index contributed by atoms with van der Waals surface area (Å²) in [6, 6.07) is 7.34. The van der Waals surface area contributed by atoms with E-state index >= 15 is 0 Å². The Labute approximate surface area is 128 Å². The zero-order valence-electron chi connectivity index (χ0n) is 12.5. The molecule has 0 atom stereocenters. The molecule has 0 spiro atoms. The highest BCUT2D eigenvalue weighted by molar-refractivity contribution is 5.94. The lowest BCUT2D eigenvalue weighted by atomic mass is 10.2. The Morgan fingerprint density at radius 1 is 1.27 bits per heavy atom. The van der Waals surface area contributed by atoms with E-state index in [9.17, 15) is 4.79 Å². The van der Waals surface area contributed by atoms with Gasteiger partial charge in [-0.3, -0.25) is 9.89 Å². The molecule has 0 saturated heterocycles. The van der Waals surface area contributed by atoms with Crippen LogP contribution in [0.15, 0.2) is 24.3 Å². The summed E-state index contributed by atoms with van der Waals surface area (Å²) in [7, 11) is 1.62. The van der Waals surface area contributed by atoms with E-state index in [1.54, 1.807) is 7.11 Å². The van der Waals surface area contributed by atoms with Gasteiger partial charge in [0.25, 0.3) is 5.91 Å². The molecular formula is C16H19N3O3. The molecule has 1 amide bonds. The molecule has 116 valence electrons. The fourth-order valence-electron chi connectivity index (χ4n) is 2.60. The number of carbonyl (C=O) groups excluding carboxylic acids is 1. The van der Waals surface area contributed by atoms with Gasteiger partial charge in [-0.05, 0) is 43.5 Å². The van der Waals surface area contributed by atoms with Gasteiger partial charge in [0.2, 0.25) is 0 Å². The molecule has 6 heteroatoms. The van der Waals surface area contributed by atoms with Crippen molar-refractivity contribution in [3.05, 3.63) is 41.2 Å². The normalized spacial score (nSPS) is 12.8. The van der Waals surface area contributed by atoms with E-state index in [1.165, 1.54) is 0 Å². The Balaban J connectivity index is 1.45. The van der Waals surface area contributed by atoms with Crippen LogP contribution in [-0.4, -0.2) is 36.4 Å². The van der Waals surface area contributed by atoms with Crippen LogP contribution < -0.4 is 14.8 Å². The van der Waals surface area contributed by atoms with E-state index in [2.05, 4.69) is 15.5 Å². The Kier molecular flexibility index (Phi) is 4.27. The van der Waals surface area contributed by atoms with Crippen LogP contribution in [0.2, 0.25) is 0 Å². The van der Waals surface area contributed by atoms with Gasteiger partial charge in [0.05, 0.1) is 13.7 Å². The van der Waals surface area contributed by atoms with Crippen LogP contribution >= 0.6 is 0 Å². The van der Waals surface area contributed by atoms with Gasteiger partial charge in [0.1, 0.15) is 18.1 Å². The van der Waals surface area contributed by atoms with Crippen molar-refractivity contribution >= 4 is 5.91 Å². The average molecular weight is 301 g/mol. The maximum atomic E-state index is 12.1. The van der Waals surface area contributed by atoms with Crippen molar-refractivity contribution in [2.24, 2.45) is 0 Å². The first-order valence-corrected chi connectivity index (χ1v) is 7.39. The van der Waals surface area contributed by atoms with Crippen molar-refractivity contribution in [3.8, 4) is 11.5 Å². The van der Waals surface area contributed by atoms with Crippen molar-refractivity contribution in [2.75, 3.05) is 20.3 Å². The average Bonchev–Trinajstić information content (AvgIpc) is 3.15. The molecule has 0 aliphatic heterocycles. The highest BCUT2D eigenvalue weighted by Gasteiger charge is 2.22. The summed E-state index contributed by atoms with van der Waals surface area (Å²) in [6.07, 6.45) is 3.00. The van der Waals surface area contributed by atoms with Crippen molar-refractivity contribution in [3.63, 3.8) is 0 Å². The number of aromatic nitrogens is 2. The van der Waals surface area contributed by atoms with E-state index in [0.29, 0.717) is 18.8 Å². The fraction of sp³-hybridized carbons (Fsp3) is 0.375. The molecule has 2 aromatic rings. The van der Waals surface area contributed by atoms with Crippen molar-refractivity contribution in [2.45, 2.75) is 19.3 Å². The molecule has 0 radical (unpaired) electrons. The van der Waals surface area contributed by atoms with Crippen LogP contribution in [0.4, 0.5) is 0 Å². The summed E-state index contributed by atoms with van der Waals surface area (Å²) in [6.45, 7) is 0.844. The lowest BCUT2D eigenvalue weighted by Crippen LogP contribution is -2.29. The lowest BCUT2D eigenvalue weighted by molar-refractivity contribution is 0.0941. The maximum Gasteiger partial charge on any atom is 0.272 e. The summed E-state index contributed by atoms with van der Waals surface area (Å²) in [4.78, 5) is 12.1. The van der Waals surface area contributed by atoms with E-state index in [0.717, 1.165) is 42.0 Å². The Hall–Kier alpha value is -2.50. The number of nitrogens with zero attached hydrogens (tertiary/aromatic N) is 1. The van der Waals surface area contributed by atoms with Gasteiger partial charge in [0.15, 0.2) is 5.69 Å². The molecule has 0 saturated carbocycles. The van der Waals surface area contributed by atoms with Crippen LogP contribution in [0.5, 0.6) is 11.5 Å². The molecule has 2 N–H and O–H groups in total. The highest BCUT2D eigenvalue weighted by Crippen LogP contribution is 2.22. The number of rotatable bonds is 6. The summed E-state index contributed by atoms with van der Waals surface area (Å²) in [5, 5.41) is 9.88. The standard InChI is InChI=1S/C16H19N3O3/c1-21-11-5-7-12(8-6-11)22-10-9-17-16(20)15-13-3-2-4-14(13)18-19-15/h5-8H,2-4,9-10H2,1H3,(H,17,20)(H,18,19). The van der Waals surface area contributed by atoms with Crippen LogP contribution in [-0.2, 0) is 12.8 Å². The highest BCUT2D eigenvalue weighted by atomic mass is 16.5. The second-order valence-corrected chi connectivity index (χ2v) is 5.16. The Morgan fingerprint density at radius 2 is 2.05 bits per heavy atom. The topological polar surface area (TPSA) is 76.2 Å². The Morgan fingerprint density at radius 3 is 2.82 bits per heavy atom. The van der Waals surface area contributed by atoms with Gasteiger partial charge in [-0.15, -0.1) is 0 Å². The lowest BCUT2D eigenvalue weighted by Gasteiger charge is -2.08. The van der Waals surface area contributed by atoms with E-state index in [-0.39, 0.29) is 5.91 Å². The number of aromatic amines is 1. The molecule has 0 bridgehead atoms. The summed E-state index contributed by atoms with van der Waals surface area (Å²) < 4.78 is 10.6. The molecule has 3 rings (SSSR count). The van der Waals surface area contributed by atoms with E-state index < -0.39 is 0 Å². The number of nitrogens with one attached hydrogen (secondary N) is 2. The molecule has 1 aromatic heterocycles. The monoisotopic (exact) mass is 301 g/mol. The van der Waals surface area contributed by atoms with Crippen LogP contribution in [0.25, 0.3) is 0 Å². The molecular weight excluding hydrogens is 282 g/mol. The number of benzene rings is 1. The predicted octanol–water partition coefficient (Wildman–Crippen LogP) is 1.72. The number of hydrogen-bond donors (Lipinski definition) is 2. The van der Waals surface area contributed by atoms with Gasteiger partial charge in [0, 0.05) is 11.3 Å². The second kappa shape index (κ2) is 6.51. The molecule has 1 aliphatic rings. The minimum absolute atomic E-state index is 0.141. The largest absolute Gasteiger partial charge is 0.497 e. The number of amides is 1. The molecule has 22 heavy (non-hydrogen) atoms. The summed E-state index contributed by atoms with van der Waals surface area (Å²) >= 11 is 0. The third kappa shape index (κ3) is 3.05. The molecule has 1 heterocycles. The molecule has 6 nitrogen and oxygen atoms in total. The van der Waals surface area contributed by atoms with Gasteiger partial charge in [-0.2, -0.15) is 5.10 Å². The molecule has 1 aromatic carbocycles. The Bertz CT molecular complexity index is 649. The first-order valence-electron chi connectivity index (χ1n) is 7.39. The molecule has 0 unspecified atom stereocenters. The third-order valence-corrected chi connectivity index (χ3v) is 3.74. The molecule has 0 fully saturated rings. The zero-order valence-corrected chi connectivity index (χ0v) is 12.5. The summed E-state index contributed by atoms with van der Waals surface area (Å²) in [5.74, 6) is 1.39. The SMILES string of the molecule is COc1ccc(OCCNC(=O)c2n[nH]c3c2CCC3)cc1. The van der Waals surface area contributed by atoms with Crippen LogP contribution in [0, 0.1) is 0 Å². The number of aryl methyl sites for hydroxylation is 1.